The lowest BCUT2D eigenvalue weighted by Crippen LogP contribution is -2.26. The van der Waals surface area contributed by atoms with Crippen molar-refractivity contribution in [3.63, 3.8) is 0 Å². The normalized spacial score (nSPS) is 18.9. The van der Waals surface area contributed by atoms with Crippen LogP contribution < -0.4 is 5.32 Å². The molecule has 0 aromatic carbocycles. The lowest BCUT2D eigenvalue weighted by atomic mass is 9.92. The second-order valence-corrected chi connectivity index (χ2v) is 4.31. The van der Waals surface area contributed by atoms with Crippen LogP contribution >= 0.6 is 0 Å². The van der Waals surface area contributed by atoms with Crippen molar-refractivity contribution in [2.75, 3.05) is 0 Å². The topological polar surface area (TPSA) is 66.5 Å². The molecular weight excluding hydrogens is 214 g/mol. The van der Waals surface area contributed by atoms with E-state index in [0.717, 1.165) is 18.7 Å². The molecule has 2 heterocycles. The molecule has 2 aromatic heterocycles. The van der Waals surface area contributed by atoms with Gasteiger partial charge in [-0.25, -0.2) is 4.98 Å². The van der Waals surface area contributed by atoms with Crippen LogP contribution in [0.3, 0.4) is 0 Å². The van der Waals surface area contributed by atoms with Gasteiger partial charge in [-0.1, -0.05) is 6.07 Å². The minimum absolute atomic E-state index is 0.338. The van der Waals surface area contributed by atoms with Gasteiger partial charge in [0, 0.05) is 6.20 Å². The van der Waals surface area contributed by atoms with Crippen LogP contribution in [0.15, 0.2) is 24.7 Å². The molecule has 5 heteroatoms. The molecule has 17 heavy (non-hydrogen) atoms. The van der Waals surface area contributed by atoms with E-state index in [9.17, 15) is 0 Å². The first-order valence-corrected chi connectivity index (χ1v) is 5.95. The Balaban J connectivity index is 1.72. The van der Waals surface area contributed by atoms with Crippen LogP contribution in [-0.4, -0.2) is 20.2 Å². The molecule has 1 aliphatic carbocycles. The Morgan fingerprint density at radius 3 is 3.29 bits per heavy atom. The fourth-order valence-electron chi connectivity index (χ4n) is 2.34. The summed E-state index contributed by atoms with van der Waals surface area (Å²) in [5.41, 5.74) is 2.56. The van der Waals surface area contributed by atoms with Gasteiger partial charge in [-0.2, -0.15) is 5.10 Å². The number of nitrogens with one attached hydrogen (secondary N) is 2. The number of aromatic nitrogens is 4. The number of aryl methyl sites for hydroxylation is 1. The van der Waals surface area contributed by atoms with Gasteiger partial charge in [0.05, 0.1) is 18.3 Å². The van der Waals surface area contributed by atoms with Gasteiger partial charge in [0.2, 0.25) is 0 Å². The highest BCUT2D eigenvalue weighted by Gasteiger charge is 2.20. The lowest BCUT2D eigenvalue weighted by Gasteiger charge is -2.24. The fraction of sp³-hybridized carbons (Fsp3) is 0.417. The quantitative estimate of drug-likeness (QED) is 0.834. The standard InChI is InChI=1S/C12H15N5/c1-3-9-4-2-6-13-12(9)10(5-1)14-7-11-15-8-16-17-11/h2,4,6,8,10,14H,1,3,5,7H2,(H,15,16,17). The van der Waals surface area contributed by atoms with Gasteiger partial charge >= 0.3 is 0 Å². The average molecular weight is 229 g/mol. The van der Waals surface area contributed by atoms with E-state index in [4.69, 9.17) is 0 Å². The van der Waals surface area contributed by atoms with Crippen LogP contribution in [0.5, 0.6) is 0 Å². The average Bonchev–Trinajstić information content (AvgIpc) is 2.89. The van der Waals surface area contributed by atoms with Crippen molar-refractivity contribution in [1.29, 1.82) is 0 Å². The van der Waals surface area contributed by atoms with E-state index in [1.165, 1.54) is 24.0 Å². The molecule has 0 saturated carbocycles. The molecule has 1 aliphatic rings. The predicted molar refractivity (Wildman–Crippen MR) is 63.1 cm³/mol. The van der Waals surface area contributed by atoms with E-state index in [1.807, 2.05) is 12.3 Å². The van der Waals surface area contributed by atoms with Crippen molar-refractivity contribution >= 4 is 0 Å². The maximum Gasteiger partial charge on any atom is 0.138 e. The molecule has 1 unspecified atom stereocenters. The van der Waals surface area contributed by atoms with Crippen LogP contribution in [-0.2, 0) is 13.0 Å². The van der Waals surface area contributed by atoms with E-state index in [2.05, 4.69) is 31.5 Å². The highest BCUT2D eigenvalue weighted by atomic mass is 15.2. The number of fused-ring (bicyclic) bond motifs is 1. The summed E-state index contributed by atoms with van der Waals surface area (Å²) in [5, 5.41) is 10.2. The highest BCUT2D eigenvalue weighted by Crippen LogP contribution is 2.27. The van der Waals surface area contributed by atoms with Crippen LogP contribution in [0.2, 0.25) is 0 Å². The van der Waals surface area contributed by atoms with Crippen molar-refractivity contribution < 1.29 is 0 Å². The Bertz CT molecular complexity index is 479. The third-order valence-corrected chi connectivity index (χ3v) is 3.18. The number of H-pyrrole nitrogens is 1. The van der Waals surface area contributed by atoms with E-state index in [-0.39, 0.29) is 0 Å². The van der Waals surface area contributed by atoms with Crippen molar-refractivity contribution in [1.82, 2.24) is 25.5 Å². The SMILES string of the molecule is c1cnc2c(c1)CCCC2NCc1ncn[nH]1. The molecule has 0 spiro atoms. The summed E-state index contributed by atoms with van der Waals surface area (Å²) in [5.74, 6) is 0.869. The van der Waals surface area contributed by atoms with Gasteiger partial charge in [0.15, 0.2) is 0 Å². The zero-order valence-corrected chi connectivity index (χ0v) is 9.56. The number of aromatic amines is 1. The third-order valence-electron chi connectivity index (χ3n) is 3.18. The predicted octanol–water partition coefficient (Wildman–Crippen LogP) is 1.37. The Kier molecular flexibility index (Phi) is 2.83. The number of hydrogen-bond acceptors (Lipinski definition) is 4. The first kappa shape index (κ1) is 10.4. The fourth-order valence-corrected chi connectivity index (χ4v) is 2.34. The van der Waals surface area contributed by atoms with E-state index < -0.39 is 0 Å². The van der Waals surface area contributed by atoms with Gasteiger partial charge in [0.25, 0.3) is 0 Å². The maximum atomic E-state index is 4.49. The molecule has 1 atom stereocenters. The Morgan fingerprint density at radius 1 is 1.41 bits per heavy atom. The van der Waals surface area contributed by atoms with Gasteiger partial charge in [-0.15, -0.1) is 0 Å². The monoisotopic (exact) mass is 229 g/mol. The summed E-state index contributed by atoms with van der Waals surface area (Å²) in [6.07, 6.45) is 6.89. The van der Waals surface area contributed by atoms with Gasteiger partial charge in [-0.05, 0) is 30.9 Å². The molecule has 0 radical (unpaired) electrons. The zero-order valence-electron chi connectivity index (χ0n) is 9.56. The molecule has 3 rings (SSSR count). The molecule has 0 amide bonds. The second kappa shape index (κ2) is 4.63. The first-order valence-electron chi connectivity index (χ1n) is 5.95. The highest BCUT2D eigenvalue weighted by molar-refractivity contribution is 5.25. The summed E-state index contributed by atoms with van der Waals surface area (Å²) in [6.45, 7) is 0.709. The molecule has 2 aromatic rings. The molecule has 0 aliphatic heterocycles. The summed E-state index contributed by atoms with van der Waals surface area (Å²) in [6, 6.07) is 4.52. The number of rotatable bonds is 3. The first-order chi connectivity index (χ1) is 8.43. The lowest BCUT2D eigenvalue weighted by molar-refractivity contribution is 0.442. The van der Waals surface area contributed by atoms with Gasteiger partial charge in [-0.3, -0.25) is 10.1 Å². The molecule has 0 saturated heterocycles. The summed E-state index contributed by atoms with van der Waals surface area (Å²) >= 11 is 0. The maximum absolute atomic E-state index is 4.49. The Labute approximate surface area is 99.7 Å². The van der Waals surface area contributed by atoms with Gasteiger partial charge in [0.1, 0.15) is 12.2 Å². The summed E-state index contributed by atoms with van der Waals surface area (Å²) in [4.78, 5) is 8.60. The molecule has 0 bridgehead atoms. The summed E-state index contributed by atoms with van der Waals surface area (Å²) < 4.78 is 0. The van der Waals surface area contributed by atoms with E-state index in [0.29, 0.717) is 12.6 Å². The minimum atomic E-state index is 0.338. The smallest absolute Gasteiger partial charge is 0.138 e. The van der Waals surface area contributed by atoms with Crippen molar-refractivity contribution in [3.8, 4) is 0 Å². The van der Waals surface area contributed by atoms with E-state index in [1.54, 1.807) is 0 Å². The van der Waals surface area contributed by atoms with Crippen molar-refractivity contribution in [2.24, 2.45) is 0 Å². The van der Waals surface area contributed by atoms with Crippen LogP contribution in [0.1, 0.15) is 36.0 Å². The minimum Gasteiger partial charge on any atom is -0.302 e. The van der Waals surface area contributed by atoms with Crippen LogP contribution in [0.4, 0.5) is 0 Å². The van der Waals surface area contributed by atoms with E-state index >= 15 is 0 Å². The molecule has 5 nitrogen and oxygen atoms in total. The molecule has 2 N–H and O–H groups in total. The number of nitrogens with zero attached hydrogens (tertiary/aromatic N) is 3. The van der Waals surface area contributed by atoms with Gasteiger partial charge < -0.3 is 5.32 Å². The zero-order chi connectivity index (χ0) is 11.5. The van der Waals surface area contributed by atoms with Crippen LogP contribution in [0.25, 0.3) is 0 Å². The largest absolute Gasteiger partial charge is 0.302 e. The molecule has 88 valence electrons. The van der Waals surface area contributed by atoms with Crippen LogP contribution in [0, 0.1) is 0 Å². The number of pyridine rings is 1. The second-order valence-electron chi connectivity index (χ2n) is 4.31. The Hall–Kier alpha value is -1.75. The van der Waals surface area contributed by atoms with Crippen molar-refractivity contribution in [2.45, 2.75) is 31.8 Å². The van der Waals surface area contributed by atoms with Crippen molar-refractivity contribution in [3.05, 3.63) is 41.7 Å². The third kappa shape index (κ3) is 2.19. The summed E-state index contributed by atoms with van der Waals surface area (Å²) in [7, 11) is 0. The number of hydrogen-bond donors (Lipinski definition) is 2. The molecule has 0 fully saturated rings. The molecular formula is C12H15N5. The Morgan fingerprint density at radius 2 is 2.41 bits per heavy atom.